The van der Waals surface area contributed by atoms with Gasteiger partial charge >= 0.3 is 19.8 Å². The molecule has 0 aromatic rings. The van der Waals surface area contributed by atoms with Gasteiger partial charge in [-0.2, -0.15) is 0 Å². The molecule has 0 aliphatic heterocycles. The maximum atomic E-state index is 12.8. The molecular weight excluding hydrogens is 803 g/mol. The number of esters is 2. The Morgan fingerprint density at radius 3 is 1.41 bits per heavy atom. The van der Waals surface area contributed by atoms with Crippen molar-refractivity contribution in [3.8, 4) is 0 Å². The molecule has 1 aliphatic rings. The number of phosphoric ester groups is 1. The minimum Gasteiger partial charge on any atom is -0.462 e. The second kappa shape index (κ2) is 37.4. The summed E-state index contributed by atoms with van der Waals surface area (Å²) in [6.07, 6.45) is 29.1. The molecule has 0 spiro atoms. The zero-order valence-corrected chi connectivity index (χ0v) is 38.6. The van der Waals surface area contributed by atoms with Crippen molar-refractivity contribution in [3.05, 3.63) is 36.5 Å². The lowest BCUT2D eigenvalue weighted by atomic mass is 9.85. The van der Waals surface area contributed by atoms with E-state index in [0.29, 0.717) is 12.8 Å². The Bertz CT molecular complexity index is 1210. The minimum atomic E-state index is -5.12. The summed E-state index contributed by atoms with van der Waals surface area (Å²) in [5.74, 6) is -1.13. The van der Waals surface area contributed by atoms with Gasteiger partial charge in [-0.3, -0.25) is 18.6 Å². The molecule has 0 aromatic carbocycles. The summed E-state index contributed by atoms with van der Waals surface area (Å²) < 4.78 is 33.5. The number of rotatable bonds is 39. The van der Waals surface area contributed by atoms with Gasteiger partial charge in [0.25, 0.3) is 0 Å². The largest absolute Gasteiger partial charge is 0.472 e. The predicted molar refractivity (Wildman–Crippen MR) is 240 cm³/mol. The molecule has 6 N–H and O–H groups in total. The van der Waals surface area contributed by atoms with Crippen LogP contribution >= 0.6 is 7.82 Å². The van der Waals surface area contributed by atoms with Crippen molar-refractivity contribution < 1.29 is 63.1 Å². The molecule has 0 amide bonds. The standard InChI is InChI=1S/C47H85O13P/c1-3-5-7-9-11-13-15-17-19-20-22-23-25-27-29-31-33-35-40(48)57-37-39(38-58-61(55,56)60-47-45(53)43(51)42(50)44(52)46(47)54)59-41(49)36-34-32-30-28-26-24-21-18-16-14-12-10-8-6-4-2/h11,13,17,19,26,28,39,42-47,50-54H,3-10,12,14-16,18,20-25,27,29-38H2,1-2H3,(H,55,56)/b13-11+,19-17+,28-26+/t39-,42?,43-,44?,45?,46?,47?/m0/s1. The van der Waals surface area contributed by atoms with E-state index < -0.39 is 75.7 Å². The van der Waals surface area contributed by atoms with Gasteiger partial charge in [0.2, 0.25) is 0 Å². The molecule has 14 heteroatoms. The summed E-state index contributed by atoms with van der Waals surface area (Å²) in [6, 6.07) is 0. The van der Waals surface area contributed by atoms with E-state index in [-0.39, 0.29) is 12.8 Å². The van der Waals surface area contributed by atoms with Crippen LogP contribution in [-0.2, 0) is 32.7 Å². The number of unbranched alkanes of at least 4 members (excludes halogenated alkanes) is 21. The fourth-order valence-corrected chi connectivity index (χ4v) is 8.05. The van der Waals surface area contributed by atoms with Gasteiger partial charge in [-0.1, -0.05) is 147 Å². The number of allylic oxidation sites excluding steroid dienone is 6. The van der Waals surface area contributed by atoms with Crippen LogP contribution in [0.1, 0.15) is 194 Å². The highest BCUT2D eigenvalue weighted by molar-refractivity contribution is 7.47. The van der Waals surface area contributed by atoms with Crippen LogP contribution in [0, 0.1) is 0 Å². The summed E-state index contributed by atoms with van der Waals surface area (Å²) in [4.78, 5) is 35.7. The zero-order chi connectivity index (χ0) is 45.0. The molecule has 6 unspecified atom stereocenters. The summed E-state index contributed by atoms with van der Waals surface area (Å²) in [5.41, 5.74) is 0. The Kier molecular flexibility index (Phi) is 35.0. The second-order valence-electron chi connectivity index (χ2n) is 16.6. The quantitative estimate of drug-likeness (QED) is 0.0147. The van der Waals surface area contributed by atoms with Crippen LogP contribution in [0.25, 0.3) is 0 Å². The molecule has 8 atom stereocenters. The third-order valence-electron chi connectivity index (χ3n) is 11.0. The molecule has 0 radical (unpaired) electrons. The van der Waals surface area contributed by atoms with E-state index in [1.807, 2.05) is 0 Å². The van der Waals surface area contributed by atoms with E-state index in [0.717, 1.165) is 64.2 Å². The summed E-state index contributed by atoms with van der Waals surface area (Å²) in [6.45, 7) is 3.25. The molecule has 13 nitrogen and oxygen atoms in total. The number of phosphoric acid groups is 1. The molecule has 1 aliphatic carbocycles. The van der Waals surface area contributed by atoms with Crippen LogP contribution in [0.3, 0.4) is 0 Å². The molecule has 1 fully saturated rings. The molecule has 0 heterocycles. The molecule has 0 bridgehead atoms. The monoisotopic (exact) mass is 889 g/mol. The van der Waals surface area contributed by atoms with Gasteiger partial charge in [0, 0.05) is 12.8 Å². The first kappa shape index (κ1) is 57.1. The van der Waals surface area contributed by atoms with Gasteiger partial charge in [-0.15, -0.1) is 0 Å². The van der Waals surface area contributed by atoms with E-state index in [1.165, 1.54) is 89.9 Å². The van der Waals surface area contributed by atoms with Crippen LogP contribution in [-0.4, -0.2) is 98.3 Å². The lowest BCUT2D eigenvalue weighted by Gasteiger charge is -2.41. The van der Waals surface area contributed by atoms with E-state index in [2.05, 4.69) is 50.3 Å². The molecule has 0 saturated heterocycles. The Hall–Kier alpha value is -1.93. The van der Waals surface area contributed by atoms with Crippen molar-refractivity contribution in [3.63, 3.8) is 0 Å². The topological polar surface area (TPSA) is 210 Å². The lowest BCUT2D eigenvalue weighted by molar-refractivity contribution is -0.220. The van der Waals surface area contributed by atoms with Gasteiger partial charge in [-0.05, 0) is 70.6 Å². The summed E-state index contributed by atoms with van der Waals surface area (Å²) in [5, 5.41) is 50.2. The van der Waals surface area contributed by atoms with E-state index in [9.17, 15) is 44.6 Å². The minimum absolute atomic E-state index is 0.0654. The zero-order valence-electron chi connectivity index (χ0n) is 37.7. The van der Waals surface area contributed by atoms with Crippen molar-refractivity contribution in [1.29, 1.82) is 0 Å². The number of ether oxygens (including phenoxy) is 2. The van der Waals surface area contributed by atoms with Gasteiger partial charge in [-0.25, -0.2) is 4.57 Å². The van der Waals surface area contributed by atoms with Gasteiger partial charge in [0.15, 0.2) is 6.10 Å². The van der Waals surface area contributed by atoms with E-state index in [1.54, 1.807) is 0 Å². The third kappa shape index (κ3) is 30.0. The van der Waals surface area contributed by atoms with Crippen LogP contribution in [0.5, 0.6) is 0 Å². The Morgan fingerprint density at radius 1 is 0.508 bits per heavy atom. The SMILES string of the molecule is CCCCC/C=C/C/C=C/CCCCCCCCCC(=O)OC[C@@H](COP(=O)(O)OC1C(O)C(O)C(O)[C@H](O)C1O)OC(=O)CCCC/C=C/CCCCCCCCCCC. The maximum absolute atomic E-state index is 12.8. The average molecular weight is 889 g/mol. The van der Waals surface area contributed by atoms with Crippen LogP contribution in [0.4, 0.5) is 0 Å². The fraction of sp³-hybridized carbons (Fsp3) is 0.830. The molecule has 1 saturated carbocycles. The molecular formula is C47H85O13P. The van der Waals surface area contributed by atoms with Crippen LogP contribution in [0.2, 0.25) is 0 Å². The summed E-state index contributed by atoms with van der Waals surface area (Å²) >= 11 is 0. The Morgan fingerprint density at radius 2 is 0.885 bits per heavy atom. The first-order valence-electron chi connectivity index (χ1n) is 23.8. The average Bonchev–Trinajstić information content (AvgIpc) is 3.24. The molecule has 356 valence electrons. The van der Waals surface area contributed by atoms with Crippen LogP contribution in [0.15, 0.2) is 36.5 Å². The highest BCUT2D eigenvalue weighted by Crippen LogP contribution is 2.47. The number of hydrogen-bond acceptors (Lipinski definition) is 12. The van der Waals surface area contributed by atoms with Crippen molar-refractivity contribution in [2.45, 2.75) is 236 Å². The molecule has 61 heavy (non-hydrogen) atoms. The first-order chi connectivity index (χ1) is 29.4. The van der Waals surface area contributed by atoms with E-state index in [4.69, 9.17) is 18.5 Å². The Labute approximate surface area is 368 Å². The molecule has 0 aromatic heterocycles. The first-order valence-corrected chi connectivity index (χ1v) is 25.3. The highest BCUT2D eigenvalue weighted by atomic mass is 31.2. The number of aliphatic hydroxyl groups excluding tert-OH is 5. The highest BCUT2D eigenvalue weighted by Gasteiger charge is 2.51. The van der Waals surface area contributed by atoms with Crippen molar-refractivity contribution >= 4 is 19.8 Å². The van der Waals surface area contributed by atoms with Gasteiger partial charge < -0.3 is 39.9 Å². The summed E-state index contributed by atoms with van der Waals surface area (Å²) in [7, 11) is -5.12. The number of carbonyl (C=O) groups is 2. The van der Waals surface area contributed by atoms with E-state index >= 15 is 0 Å². The van der Waals surface area contributed by atoms with Gasteiger partial charge in [0.1, 0.15) is 43.2 Å². The maximum Gasteiger partial charge on any atom is 0.472 e. The predicted octanol–water partition coefficient (Wildman–Crippen LogP) is 9.39. The third-order valence-corrected chi connectivity index (χ3v) is 11.9. The smallest absolute Gasteiger partial charge is 0.462 e. The number of carbonyl (C=O) groups excluding carboxylic acids is 2. The van der Waals surface area contributed by atoms with Crippen LogP contribution < -0.4 is 0 Å². The second-order valence-corrected chi connectivity index (χ2v) is 18.0. The normalized spacial score (nSPS) is 22.3. The Balaban J connectivity index is 2.46. The van der Waals surface area contributed by atoms with Crippen molar-refractivity contribution in [2.75, 3.05) is 13.2 Å². The van der Waals surface area contributed by atoms with Crippen molar-refractivity contribution in [1.82, 2.24) is 0 Å². The number of aliphatic hydroxyl groups is 5. The van der Waals surface area contributed by atoms with Crippen molar-refractivity contribution in [2.24, 2.45) is 0 Å². The fourth-order valence-electron chi connectivity index (χ4n) is 7.08. The number of hydrogen-bond donors (Lipinski definition) is 6. The lowest BCUT2D eigenvalue weighted by Crippen LogP contribution is -2.64. The van der Waals surface area contributed by atoms with Gasteiger partial charge in [0.05, 0.1) is 6.61 Å². The molecule has 1 rings (SSSR count).